The largest absolute Gasteiger partial charge is 0.304 e. The molecular weight excluding hydrogens is 174 g/mol. The van der Waals surface area contributed by atoms with Gasteiger partial charge >= 0.3 is 0 Å². The molecule has 0 aliphatic carbocycles. The fourth-order valence-electron chi connectivity index (χ4n) is 1.42. The maximum Gasteiger partial charge on any atom is 0.155 e. The molecule has 0 aliphatic rings. The molecule has 0 fully saturated rings. The first-order valence-electron chi connectivity index (χ1n) is 4.97. The Morgan fingerprint density at radius 3 is 2.71 bits per heavy atom. The summed E-state index contributed by atoms with van der Waals surface area (Å²) in [5.41, 5.74) is 2.04. The summed E-state index contributed by atoms with van der Waals surface area (Å²) in [6, 6.07) is 0. The van der Waals surface area contributed by atoms with Gasteiger partial charge in [0.1, 0.15) is 0 Å². The molecule has 0 aliphatic heterocycles. The lowest BCUT2D eigenvalue weighted by Crippen LogP contribution is -2.05. The Kier molecular flexibility index (Phi) is 2.23. The van der Waals surface area contributed by atoms with Crippen molar-refractivity contribution < 1.29 is 0 Å². The van der Waals surface area contributed by atoms with Gasteiger partial charge in [0.2, 0.25) is 0 Å². The maximum absolute atomic E-state index is 4.42. The highest BCUT2D eigenvalue weighted by Crippen LogP contribution is 2.21. The van der Waals surface area contributed by atoms with Gasteiger partial charge in [-0.05, 0) is 5.92 Å². The standard InChI is InChI=1S/C11H15N3/c1-8(2)9(3)10-7-14-5-4-12-11(14)6-13-10/h4-9H,1-3H3. The van der Waals surface area contributed by atoms with E-state index in [1.807, 2.05) is 16.8 Å². The number of hydrogen-bond donors (Lipinski definition) is 0. The molecule has 0 saturated heterocycles. The molecule has 0 radical (unpaired) electrons. The van der Waals surface area contributed by atoms with Crippen LogP contribution in [0.5, 0.6) is 0 Å². The Hall–Kier alpha value is -1.38. The minimum absolute atomic E-state index is 0.488. The monoisotopic (exact) mass is 189 g/mol. The van der Waals surface area contributed by atoms with E-state index in [4.69, 9.17) is 0 Å². The van der Waals surface area contributed by atoms with Crippen LogP contribution in [0.4, 0.5) is 0 Å². The normalized spacial score (nSPS) is 13.7. The van der Waals surface area contributed by atoms with E-state index in [0.717, 1.165) is 11.3 Å². The summed E-state index contributed by atoms with van der Waals surface area (Å²) in [5, 5.41) is 0. The van der Waals surface area contributed by atoms with Crippen molar-refractivity contribution >= 4 is 5.65 Å². The minimum atomic E-state index is 0.488. The van der Waals surface area contributed by atoms with Crippen LogP contribution in [0.25, 0.3) is 5.65 Å². The van der Waals surface area contributed by atoms with Crippen LogP contribution >= 0.6 is 0 Å². The quantitative estimate of drug-likeness (QED) is 0.726. The number of imidazole rings is 1. The van der Waals surface area contributed by atoms with Crippen LogP contribution in [0.1, 0.15) is 32.4 Å². The molecule has 0 N–H and O–H groups in total. The summed E-state index contributed by atoms with van der Waals surface area (Å²) >= 11 is 0. The molecule has 0 aromatic carbocycles. The Morgan fingerprint density at radius 1 is 1.21 bits per heavy atom. The predicted octanol–water partition coefficient (Wildman–Crippen LogP) is 2.49. The minimum Gasteiger partial charge on any atom is -0.304 e. The highest BCUT2D eigenvalue weighted by atomic mass is 15.0. The molecule has 0 saturated carbocycles. The van der Waals surface area contributed by atoms with E-state index in [9.17, 15) is 0 Å². The van der Waals surface area contributed by atoms with Crippen molar-refractivity contribution in [1.29, 1.82) is 0 Å². The van der Waals surface area contributed by atoms with Gasteiger partial charge in [0.25, 0.3) is 0 Å². The lowest BCUT2D eigenvalue weighted by atomic mass is 9.95. The van der Waals surface area contributed by atoms with E-state index in [1.165, 1.54) is 0 Å². The lowest BCUT2D eigenvalue weighted by molar-refractivity contribution is 0.521. The van der Waals surface area contributed by atoms with E-state index < -0.39 is 0 Å². The third-order valence-corrected chi connectivity index (χ3v) is 2.77. The smallest absolute Gasteiger partial charge is 0.155 e. The van der Waals surface area contributed by atoms with Crippen molar-refractivity contribution in [3.05, 3.63) is 30.5 Å². The van der Waals surface area contributed by atoms with Gasteiger partial charge in [0.15, 0.2) is 5.65 Å². The maximum atomic E-state index is 4.42. The molecule has 0 amide bonds. The zero-order valence-corrected chi connectivity index (χ0v) is 8.81. The fraction of sp³-hybridized carbons (Fsp3) is 0.455. The summed E-state index contributed by atoms with van der Waals surface area (Å²) in [6.07, 6.45) is 7.63. The first-order chi connectivity index (χ1) is 6.68. The summed E-state index contributed by atoms with van der Waals surface area (Å²) < 4.78 is 2.02. The van der Waals surface area contributed by atoms with Crippen molar-refractivity contribution in [2.24, 2.45) is 5.92 Å². The van der Waals surface area contributed by atoms with Crippen LogP contribution in [-0.2, 0) is 0 Å². The van der Waals surface area contributed by atoms with Gasteiger partial charge < -0.3 is 4.40 Å². The summed E-state index contributed by atoms with van der Waals surface area (Å²) in [5.74, 6) is 1.10. The average Bonchev–Trinajstić information content (AvgIpc) is 2.62. The molecule has 3 heteroatoms. The first-order valence-corrected chi connectivity index (χ1v) is 4.97. The topological polar surface area (TPSA) is 30.2 Å². The lowest BCUT2D eigenvalue weighted by Gasteiger charge is -2.14. The number of hydrogen-bond acceptors (Lipinski definition) is 2. The van der Waals surface area contributed by atoms with Crippen molar-refractivity contribution in [1.82, 2.24) is 14.4 Å². The predicted molar refractivity (Wildman–Crippen MR) is 56.2 cm³/mol. The molecule has 2 heterocycles. The van der Waals surface area contributed by atoms with Crippen molar-refractivity contribution in [3.63, 3.8) is 0 Å². The number of aromatic nitrogens is 3. The molecule has 3 nitrogen and oxygen atoms in total. The van der Waals surface area contributed by atoms with Gasteiger partial charge in [-0.25, -0.2) is 4.98 Å². The Morgan fingerprint density at radius 2 is 2.00 bits per heavy atom. The SMILES string of the molecule is CC(C)C(C)c1cn2ccnc2cn1. The van der Waals surface area contributed by atoms with Gasteiger partial charge in [0, 0.05) is 24.5 Å². The molecule has 74 valence electrons. The summed E-state index contributed by atoms with van der Waals surface area (Å²) in [6.45, 7) is 6.63. The molecule has 2 rings (SSSR count). The first kappa shape index (κ1) is 9.19. The zero-order valence-electron chi connectivity index (χ0n) is 8.81. The van der Waals surface area contributed by atoms with Gasteiger partial charge in [0.05, 0.1) is 11.9 Å². The van der Waals surface area contributed by atoms with Crippen LogP contribution in [0.15, 0.2) is 24.8 Å². The zero-order chi connectivity index (χ0) is 10.1. The Labute approximate surface area is 83.8 Å². The van der Waals surface area contributed by atoms with E-state index in [2.05, 4.69) is 36.9 Å². The molecule has 0 bridgehead atoms. The van der Waals surface area contributed by atoms with Crippen molar-refractivity contribution in [2.75, 3.05) is 0 Å². The van der Waals surface area contributed by atoms with E-state index in [0.29, 0.717) is 11.8 Å². The molecule has 2 aromatic rings. The second kappa shape index (κ2) is 3.40. The second-order valence-electron chi connectivity index (χ2n) is 4.04. The Balaban J connectivity index is 2.43. The number of rotatable bonds is 2. The molecule has 1 unspecified atom stereocenters. The molecular formula is C11H15N3. The van der Waals surface area contributed by atoms with Crippen molar-refractivity contribution in [3.8, 4) is 0 Å². The summed E-state index contributed by atoms with van der Waals surface area (Å²) in [4.78, 5) is 8.58. The van der Waals surface area contributed by atoms with Gasteiger partial charge in [-0.2, -0.15) is 0 Å². The highest BCUT2D eigenvalue weighted by molar-refractivity contribution is 5.35. The second-order valence-corrected chi connectivity index (χ2v) is 4.04. The third kappa shape index (κ3) is 1.50. The van der Waals surface area contributed by atoms with E-state index in [1.54, 1.807) is 6.20 Å². The van der Waals surface area contributed by atoms with Crippen molar-refractivity contribution in [2.45, 2.75) is 26.7 Å². The van der Waals surface area contributed by atoms with Gasteiger partial charge in [-0.3, -0.25) is 4.98 Å². The van der Waals surface area contributed by atoms with Crippen LogP contribution in [0, 0.1) is 5.92 Å². The van der Waals surface area contributed by atoms with Crippen LogP contribution < -0.4 is 0 Å². The number of fused-ring (bicyclic) bond motifs is 1. The highest BCUT2D eigenvalue weighted by Gasteiger charge is 2.11. The summed E-state index contributed by atoms with van der Waals surface area (Å²) in [7, 11) is 0. The fourth-order valence-corrected chi connectivity index (χ4v) is 1.42. The Bertz CT molecular complexity index is 431. The molecule has 14 heavy (non-hydrogen) atoms. The molecule has 0 spiro atoms. The molecule has 1 atom stereocenters. The van der Waals surface area contributed by atoms with Gasteiger partial charge in [-0.1, -0.05) is 20.8 Å². The number of nitrogens with zero attached hydrogens (tertiary/aromatic N) is 3. The average molecular weight is 189 g/mol. The van der Waals surface area contributed by atoms with E-state index >= 15 is 0 Å². The van der Waals surface area contributed by atoms with Gasteiger partial charge in [-0.15, -0.1) is 0 Å². The van der Waals surface area contributed by atoms with Crippen LogP contribution in [0.2, 0.25) is 0 Å². The molecule has 2 aromatic heterocycles. The third-order valence-electron chi connectivity index (χ3n) is 2.77. The van der Waals surface area contributed by atoms with E-state index in [-0.39, 0.29) is 0 Å². The van der Waals surface area contributed by atoms with Crippen LogP contribution in [0.3, 0.4) is 0 Å². The van der Waals surface area contributed by atoms with Crippen LogP contribution in [-0.4, -0.2) is 14.4 Å².